The van der Waals surface area contributed by atoms with E-state index in [0.717, 1.165) is 6.07 Å². The van der Waals surface area contributed by atoms with Crippen molar-refractivity contribution in [1.29, 1.82) is 0 Å². The number of hydrogen-bond acceptors (Lipinski definition) is 4. The molecule has 2 aromatic rings. The minimum absolute atomic E-state index is 0.163. The lowest BCUT2D eigenvalue weighted by atomic mass is 10.1. The highest BCUT2D eigenvalue weighted by Gasteiger charge is 2.19. The van der Waals surface area contributed by atoms with Gasteiger partial charge in [0.2, 0.25) is 0 Å². The van der Waals surface area contributed by atoms with Crippen LogP contribution in [0, 0.1) is 10.1 Å². The van der Waals surface area contributed by atoms with Crippen molar-refractivity contribution < 1.29 is 13.7 Å². The van der Waals surface area contributed by atoms with Crippen LogP contribution in [-0.2, 0) is 6.54 Å². The van der Waals surface area contributed by atoms with E-state index in [4.69, 9.17) is 0 Å². The highest BCUT2D eigenvalue weighted by Crippen LogP contribution is 2.31. The largest absolute Gasteiger partial charge is 0.380 e. The zero-order valence-corrected chi connectivity index (χ0v) is 11.2. The van der Waals surface area contributed by atoms with Crippen molar-refractivity contribution in [2.24, 2.45) is 0 Å². The number of hydrogen-bond donors (Lipinski definition) is 1. The van der Waals surface area contributed by atoms with Gasteiger partial charge in [-0.15, -0.1) is 0 Å². The van der Waals surface area contributed by atoms with Crippen LogP contribution >= 0.6 is 0 Å². The Kier molecular flexibility index (Phi) is 4.46. The summed E-state index contributed by atoms with van der Waals surface area (Å²) in [6.45, 7) is 2.31. The van der Waals surface area contributed by atoms with E-state index in [1.165, 1.54) is 12.1 Å². The molecule has 0 saturated carbocycles. The molecule has 0 spiro atoms. The van der Waals surface area contributed by atoms with Gasteiger partial charge in [0, 0.05) is 41.8 Å². The third-order valence-electron chi connectivity index (χ3n) is 2.90. The molecule has 8 heteroatoms. The molecule has 1 N–H and O–H groups in total. The van der Waals surface area contributed by atoms with Crippen LogP contribution in [0.4, 0.5) is 20.2 Å². The van der Waals surface area contributed by atoms with Gasteiger partial charge in [-0.2, -0.15) is 5.10 Å². The standard InChI is InChI=1S/C13H14F2N4O2/c1-9(8-18-6-2-5-16-18)17-12-4-3-10(19(20)21)7-11(12)13(14)15/h2-7,9,13,17H,8H2,1H3. The molecule has 1 heterocycles. The molecule has 0 aliphatic heterocycles. The van der Waals surface area contributed by atoms with E-state index in [9.17, 15) is 18.9 Å². The predicted octanol–water partition coefficient (Wildman–Crippen LogP) is 3.23. The number of rotatable bonds is 6. The van der Waals surface area contributed by atoms with Crippen LogP contribution in [0.5, 0.6) is 0 Å². The van der Waals surface area contributed by atoms with E-state index >= 15 is 0 Å². The molecule has 2 rings (SSSR count). The van der Waals surface area contributed by atoms with E-state index in [-0.39, 0.29) is 23.0 Å². The molecular weight excluding hydrogens is 282 g/mol. The summed E-state index contributed by atoms with van der Waals surface area (Å²) in [6.07, 6.45) is 0.606. The lowest BCUT2D eigenvalue weighted by Crippen LogP contribution is -2.23. The summed E-state index contributed by atoms with van der Waals surface area (Å²) in [5.74, 6) is 0. The molecule has 112 valence electrons. The molecule has 0 saturated heterocycles. The van der Waals surface area contributed by atoms with Crippen LogP contribution in [0.15, 0.2) is 36.7 Å². The molecule has 1 aromatic heterocycles. The number of benzene rings is 1. The summed E-state index contributed by atoms with van der Waals surface area (Å²) in [5, 5.41) is 17.6. The van der Waals surface area contributed by atoms with Gasteiger partial charge in [-0.05, 0) is 19.1 Å². The van der Waals surface area contributed by atoms with Gasteiger partial charge >= 0.3 is 0 Å². The van der Waals surface area contributed by atoms with E-state index in [2.05, 4.69) is 10.4 Å². The number of nitrogens with zero attached hydrogens (tertiary/aromatic N) is 3. The fraction of sp³-hybridized carbons (Fsp3) is 0.308. The molecule has 1 unspecified atom stereocenters. The summed E-state index contributed by atoms with van der Waals surface area (Å²) in [5.41, 5.74) is -0.539. The normalized spacial score (nSPS) is 12.4. The first-order chi connectivity index (χ1) is 9.97. The van der Waals surface area contributed by atoms with Gasteiger partial charge in [-0.1, -0.05) is 0 Å². The number of nitrogens with one attached hydrogen (secondary N) is 1. The smallest absolute Gasteiger partial charge is 0.270 e. The summed E-state index contributed by atoms with van der Waals surface area (Å²) >= 11 is 0. The summed E-state index contributed by atoms with van der Waals surface area (Å²) in [7, 11) is 0. The van der Waals surface area contributed by atoms with E-state index < -0.39 is 11.3 Å². The Morgan fingerprint density at radius 1 is 1.48 bits per heavy atom. The van der Waals surface area contributed by atoms with Crippen LogP contribution in [0.25, 0.3) is 0 Å². The molecule has 0 fully saturated rings. The van der Waals surface area contributed by atoms with Gasteiger partial charge in [-0.3, -0.25) is 14.8 Å². The maximum Gasteiger partial charge on any atom is 0.270 e. The van der Waals surface area contributed by atoms with E-state index in [1.54, 1.807) is 23.1 Å². The lowest BCUT2D eigenvalue weighted by Gasteiger charge is -2.18. The zero-order chi connectivity index (χ0) is 15.4. The number of anilines is 1. The van der Waals surface area contributed by atoms with Crippen molar-refractivity contribution in [2.75, 3.05) is 5.32 Å². The summed E-state index contributed by atoms with van der Waals surface area (Å²) < 4.78 is 27.7. The second kappa shape index (κ2) is 6.29. The first-order valence-corrected chi connectivity index (χ1v) is 6.28. The van der Waals surface area contributed by atoms with Crippen molar-refractivity contribution in [1.82, 2.24) is 9.78 Å². The predicted molar refractivity (Wildman–Crippen MR) is 73.4 cm³/mol. The Labute approximate surface area is 119 Å². The Morgan fingerprint density at radius 3 is 2.81 bits per heavy atom. The van der Waals surface area contributed by atoms with E-state index in [0.29, 0.717) is 6.54 Å². The Balaban J connectivity index is 2.16. The van der Waals surface area contributed by atoms with Crippen LogP contribution in [0.2, 0.25) is 0 Å². The average Bonchev–Trinajstić information content (AvgIpc) is 2.91. The molecule has 0 radical (unpaired) electrons. The SMILES string of the molecule is CC(Cn1cccn1)Nc1ccc([N+](=O)[O-])cc1C(F)F. The van der Waals surface area contributed by atoms with Crippen LogP contribution in [-0.4, -0.2) is 20.7 Å². The van der Waals surface area contributed by atoms with Crippen LogP contribution in [0.3, 0.4) is 0 Å². The Morgan fingerprint density at radius 2 is 2.24 bits per heavy atom. The lowest BCUT2D eigenvalue weighted by molar-refractivity contribution is -0.385. The maximum atomic E-state index is 13.0. The van der Waals surface area contributed by atoms with Crippen molar-refractivity contribution in [3.05, 3.63) is 52.3 Å². The fourth-order valence-electron chi connectivity index (χ4n) is 1.98. The number of nitro groups is 1. The second-order valence-electron chi connectivity index (χ2n) is 4.60. The topological polar surface area (TPSA) is 73.0 Å². The molecule has 0 aliphatic rings. The van der Waals surface area contributed by atoms with Crippen LogP contribution in [0.1, 0.15) is 18.9 Å². The van der Waals surface area contributed by atoms with Crippen molar-refractivity contribution in [3.8, 4) is 0 Å². The van der Waals surface area contributed by atoms with Gasteiger partial charge in [0.05, 0.1) is 11.5 Å². The first kappa shape index (κ1) is 14.9. The number of aromatic nitrogens is 2. The van der Waals surface area contributed by atoms with Gasteiger partial charge in [0.25, 0.3) is 12.1 Å². The van der Waals surface area contributed by atoms with Gasteiger partial charge in [-0.25, -0.2) is 8.78 Å². The molecule has 1 atom stereocenters. The molecule has 6 nitrogen and oxygen atoms in total. The van der Waals surface area contributed by atoms with Gasteiger partial charge in [0.1, 0.15) is 0 Å². The van der Waals surface area contributed by atoms with Crippen LogP contribution < -0.4 is 5.32 Å². The minimum Gasteiger partial charge on any atom is -0.380 e. The number of non-ortho nitro benzene ring substituents is 1. The van der Waals surface area contributed by atoms with Gasteiger partial charge in [0.15, 0.2) is 0 Å². The van der Waals surface area contributed by atoms with Crippen molar-refractivity contribution in [2.45, 2.75) is 25.9 Å². The minimum atomic E-state index is -2.79. The molecular formula is C13H14F2N4O2. The molecule has 0 amide bonds. The highest BCUT2D eigenvalue weighted by molar-refractivity contribution is 5.57. The maximum absolute atomic E-state index is 13.0. The molecule has 0 aliphatic carbocycles. The number of nitro benzene ring substituents is 1. The third kappa shape index (κ3) is 3.74. The quantitative estimate of drug-likeness (QED) is 0.656. The third-order valence-corrected chi connectivity index (χ3v) is 2.90. The number of alkyl halides is 2. The summed E-state index contributed by atoms with van der Waals surface area (Å²) in [6, 6.07) is 5.01. The highest BCUT2D eigenvalue weighted by atomic mass is 19.3. The Bertz CT molecular complexity index is 617. The number of halogens is 2. The molecule has 1 aromatic carbocycles. The van der Waals surface area contributed by atoms with Gasteiger partial charge < -0.3 is 5.32 Å². The molecule has 21 heavy (non-hydrogen) atoms. The second-order valence-corrected chi connectivity index (χ2v) is 4.60. The van der Waals surface area contributed by atoms with E-state index in [1.807, 2.05) is 6.92 Å². The summed E-state index contributed by atoms with van der Waals surface area (Å²) in [4.78, 5) is 9.96. The first-order valence-electron chi connectivity index (χ1n) is 6.28. The Hall–Kier alpha value is -2.51. The average molecular weight is 296 g/mol. The fourth-order valence-corrected chi connectivity index (χ4v) is 1.98. The monoisotopic (exact) mass is 296 g/mol. The molecule has 0 bridgehead atoms. The van der Waals surface area contributed by atoms with Crippen molar-refractivity contribution in [3.63, 3.8) is 0 Å². The zero-order valence-electron chi connectivity index (χ0n) is 11.2. The van der Waals surface area contributed by atoms with Crippen molar-refractivity contribution >= 4 is 11.4 Å².